The summed E-state index contributed by atoms with van der Waals surface area (Å²) in [4.78, 5) is 0. The maximum atomic E-state index is 6.14. The fourth-order valence-electron chi connectivity index (χ4n) is 1.59. The first-order valence-electron chi connectivity index (χ1n) is 5.78. The monoisotopic (exact) mass is 300 g/mol. The molecule has 2 atom stereocenters. The summed E-state index contributed by atoms with van der Waals surface area (Å²) < 4.78 is 5.37. The van der Waals surface area contributed by atoms with E-state index in [0.717, 1.165) is 5.56 Å². The van der Waals surface area contributed by atoms with E-state index in [1.54, 1.807) is 19.1 Å². The molecule has 0 bridgehead atoms. The third kappa shape index (κ3) is 3.37. The lowest BCUT2D eigenvalue weighted by Crippen LogP contribution is -2.07. The van der Waals surface area contributed by atoms with Crippen molar-refractivity contribution in [1.29, 1.82) is 0 Å². The standard InChI is InChI=1S/C12H14Cl2N4O/c1-6(15)11-17-18-12(19-11)16-7(2)9-4-3-8(13)5-10(9)14/h3-7H,15H2,1-2H3,(H,16,18). The van der Waals surface area contributed by atoms with Crippen molar-refractivity contribution in [2.75, 3.05) is 5.32 Å². The molecule has 2 rings (SSSR count). The van der Waals surface area contributed by atoms with Crippen LogP contribution in [0.25, 0.3) is 0 Å². The van der Waals surface area contributed by atoms with Crippen LogP contribution in [0.4, 0.5) is 6.01 Å². The molecule has 0 saturated carbocycles. The fraction of sp³-hybridized carbons (Fsp3) is 0.333. The van der Waals surface area contributed by atoms with E-state index < -0.39 is 0 Å². The van der Waals surface area contributed by atoms with Gasteiger partial charge in [0.1, 0.15) is 0 Å². The molecule has 2 unspecified atom stereocenters. The van der Waals surface area contributed by atoms with Crippen LogP contribution in [0.5, 0.6) is 0 Å². The molecule has 0 radical (unpaired) electrons. The van der Waals surface area contributed by atoms with Crippen LogP contribution in [0.1, 0.15) is 37.4 Å². The zero-order valence-electron chi connectivity index (χ0n) is 10.5. The van der Waals surface area contributed by atoms with Crippen molar-refractivity contribution in [2.45, 2.75) is 25.9 Å². The third-order valence-electron chi connectivity index (χ3n) is 2.60. The molecule has 3 N–H and O–H groups in total. The van der Waals surface area contributed by atoms with Crippen LogP contribution in [0.3, 0.4) is 0 Å². The zero-order chi connectivity index (χ0) is 14.0. The van der Waals surface area contributed by atoms with Gasteiger partial charge in [-0.15, -0.1) is 5.10 Å². The average molecular weight is 301 g/mol. The second-order valence-electron chi connectivity index (χ2n) is 4.27. The van der Waals surface area contributed by atoms with Gasteiger partial charge in [-0.1, -0.05) is 34.4 Å². The van der Waals surface area contributed by atoms with E-state index in [1.807, 2.05) is 13.0 Å². The Hall–Kier alpha value is -1.30. The van der Waals surface area contributed by atoms with E-state index in [9.17, 15) is 0 Å². The smallest absolute Gasteiger partial charge is 0.316 e. The topological polar surface area (TPSA) is 77.0 Å². The van der Waals surface area contributed by atoms with Gasteiger partial charge in [-0.2, -0.15) is 0 Å². The summed E-state index contributed by atoms with van der Waals surface area (Å²) >= 11 is 12.0. The SMILES string of the molecule is CC(N)c1nnc(NC(C)c2ccc(Cl)cc2Cl)o1. The van der Waals surface area contributed by atoms with E-state index in [1.165, 1.54) is 0 Å². The highest BCUT2D eigenvalue weighted by Gasteiger charge is 2.14. The van der Waals surface area contributed by atoms with Crippen molar-refractivity contribution >= 4 is 29.2 Å². The highest BCUT2D eigenvalue weighted by molar-refractivity contribution is 6.35. The van der Waals surface area contributed by atoms with Gasteiger partial charge >= 0.3 is 6.01 Å². The molecular formula is C12H14Cl2N4O. The molecule has 0 saturated heterocycles. The van der Waals surface area contributed by atoms with Crippen molar-refractivity contribution in [3.8, 4) is 0 Å². The van der Waals surface area contributed by atoms with Crippen LogP contribution in [0.2, 0.25) is 10.0 Å². The number of nitrogens with one attached hydrogen (secondary N) is 1. The molecule has 0 fully saturated rings. The van der Waals surface area contributed by atoms with Gasteiger partial charge in [-0.25, -0.2) is 0 Å². The Morgan fingerprint density at radius 2 is 2.00 bits per heavy atom. The molecule has 0 amide bonds. The summed E-state index contributed by atoms with van der Waals surface area (Å²) in [6.45, 7) is 3.71. The number of nitrogens with two attached hydrogens (primary N) is 1. The predicted molar refractivity (Wildman–Crippen MR) is 75.4 cm³/mol. The molecule has 2 aromatic rings. The third-order valence-corrected chi connectivity index (χ3v) is 3.16. The Labute approximate surface area is 121 Å². The van der Waals surface area contributed by atoms with Gasteiger partial charge in [0.05, 0.1) is 12.1 Å². The molecule has 5 nitrogen and oxygen atoms in total. The second-order valence-corrected chi connectivity index (χ2v) is 5.11. The molecule has 1 aromatic heterocycles. The average Bonchev–Trinajstić information content (AvgIpc) is 2.77. The highest BCUT2D eigenvalue weighted by Crippen LogP contribution is 2.28. The molecule has 19 heavy (non-hydrogen) atoms. The van der Waals surface area contributed by atoms with Crippen LogP contribution in [0.15, 0.2) is 22.6 Å². The largest absolute Gasteiger partial charge is 0.406 e. The molecule has 0 aliphatic carbocycles. The maximum Gasteiger partial charge on any atom is 0.316 e. The van der Waals surface area contributed by atoms with E-state index in [4.69, 9.17) is 33.4 Å². The minimum Gasteiger partial charge on any atom is -0.406 e. The summed E-state index contributed by atoms with van der Waals surface area (Å²) in [6.07, 6.45) is 0. The predicted octanol–water partition coefficient (Wildman–Crippen LogP) is 3.57. The Morgan fingerprint density at radius 1 is 1.26 bits per heavy atom. The van der Waals surface area contributed by atoms with E-state index in [0.29, 0.717) is 22.0 Å². The lowest BCUT2D eigenvalue weighted by molar-refractivity contribution is 0.470. The van der Waals surface area contributed by atoms with Crippen LogP contribution in [-0.4, -0.2) is 10.2 Å². The van der Waals surface area contributed by atoms with Crippen LogP contribution < -0.4 is 11.1 Å². The summed E-state index contributed by atoms with van der Waals surface area (Å²) in [7, 11) is 0. The van der Waals surface area contributed by atoms with Gasteiger partial charge in [0.25, 0.3) is 0 Å². The van der Waals surface area contributed by atoms with E-state index >= 15 is 0 Å². The number of rotatable bonds is 4. The van der Waals surface area contributed by atoms with E-state index in [2.05, 4.69) is 15.5 Å². The van der Waals surface area contributed by atoms with Gasteiger partial charge in [0.15, 0.2) is 0 Å². The Morgan fingerprint density at radius 3 is 2.58 bits per heavy atom. The minimum absolute atomic E-state index is 0.0915. The number of aromatic nitrogens is 2. The van der Waals surface area contributed by atoms with Crippen molar-refractivity contribution < 1.29 is 4.42 Å². The summed E-state index contributed by atoms with van der Waals surface area (Å²) in [5, 5.41) is 12.0. The Kier molecular flexibility index (Phi) is 4.29. The van der Waals surface area contributed by atoms with E-state index in [-0.39, 0.29) is 12.1 Å². The number of hydrogen-bond donors (Lipinski definition) is 2. The normalized spacial score (nSPS) is 14.2. The summed E-state index contributed by atoms with van der Waals surface area (Å²) in [5.41, 5.74) is 6.54. The molecule has 1 heterocycles. The first-order chi connectivity index (χ1) is 8.97. The number of nitrogens with zero attached hydrogens (tertiary/aromatic N) is 2. The van der Waals surface area contributed by atoms with Gasteiger partial charge in [-0.3, -0.25) is 0 Å². The van der Waals surface area contributed by atoms with Crippen molar-refractivity contribution in [1.82, 2.24) is 10.2 Å². The number of benzene rings is 1. The van der Waals surface area contributed by atoms with Crippen molar-refractivity contribution in [3.63, 3.8) is 0 Å². The highest BCUT2D eigenvalue weighted by atomic mass is 35.5. The molecular weight excluding hydrogens is 287 g/mol. The van der Waals surface area contributed by atoms with Gasteiger partial charge < -0.3 is 15.5 Å². The lowest BCUT2D eigenvalue weighted by Gasteiger charge is -2.14. The number of halogens is 2. The quantitative estimate of drug-likeness (QED) is 0.902. The molecule has 0 aliphatic heterocycles. The summed E-state index contributed by atoms with van der Waals surface area (Å²) in [5.74, 6) is 0.386. The zero-order valence-corrected chi connectivity index (χ0v) is 12.0. The Bertz CT molecular complexity index is 571. The second kappa shape index (κ2) is 5.77. The van der Waals surface area contributed by atoms with Crippen molar-refractivity contribution in [3.05, 3.63) is 39.7 Å². The Balaban J connectivity index is 2.13. The molecule has 7 heteroatoms. The van der Waals surface area contributed by atoms with Crippen LogP contribution in [0, 0.1) is 0 Å². The number of hydrogen-bond acceptors (Lipinski definition) is 5. The molecule has 0 aliphatic rings. The summed E-state index contributed by atoms with van der Waals surface area (Å²) in [6, 6.07) is 5.25. The van der Waals surface area contributed by atoms with Crippen LogP contribution in [-0.2, 0) is 0 Å². The van der Waals surface area contributed by atoms with Crippen LogP contribution >= 0.6 is 23.2 Å². The van der Waals surface area contributed by atoms with Gasteiger partial charge in [0, 0.05) is 10.0 Å². The molecule has 0 spiro atoms. The number of anilines is 1. The van der Waals surface area contributed by atoms with Crippen molar-refractivity contribution in [2.24, 2.45) is 5.73 Å². The first-order valence-corrected chi connectivity index (χ1v) is 6.53. The van der Waals surface area contributed by atoms with Gasteiger partial charge in [0.2, 0.25) is 5.89 Å². The van der Waals surface area contributed by atoms with Gasteiger partial charge in [-0.05, 0) is 31.5 Å². The fourth-order valence-corrected chi connectivity index (χ4v) is 2.16. The minimum atomic E-state index is -0.294. The maximum absolute atomic E-state index is 6.14. The molecule has 1 aromatic carbocycles. The lowest BCUT2D eigenvalue weighted by atomic mass is 10.1. The first kappa shape index (κ1) is 14.1. The molecule has 102 valence electrons.